The number of hydrogen-bond acceptors (Lipinski definition) is 6. The number of rotatable bonds is 5. The summed E-state index contributed by atoms with van der Waals surface area (Å²) in [4.78, 5) is 11.5. The standard InChI is InChI=1S/C29H35N5O/c1-29(2,35)26-10-9-22(17-32-26)27(30)25-16-23(18-33-28(25)31)20-8-7-19-11-13-34(14-12-21(19)15-20)24-5-3-4-6-24/h7-10,15-18,24,30,35H,3-6,11-14H2,1-2H3,(H2,31,33). The van der Waals surface area contributed by atoms with Gasteiger partial charge in [-0.25, -0.2) is 4.98 Å². The Hall–Kier alpha value is -3.09. The van der Waals surface area contributed by atoms with Crippen molar-refractivity contribution >= 4 is 11.5 Å². The molecule has 3 heterocycles. The summed E-state index contributed by atoms with van der Waals surface area (Å²) in [5.41, 5.74) is 12.2. The van der Waals surface area contributed by atoms with E-state index in [1.807, 2.05) is 6.07 Å². The summed E-state index contributed by atoms with van der Waals surface area (Å²) in [7, 11) is 0. The number of nitrogens with zero attached hydrogens (tertiary/aromatic N) is 3. The molecular formula is C29H35N5O. The summed E-state index contributed by atoms with van der Waals surface area (Å²) in [6.45, 7) is 5.67. The lowest BCUT2D eigenvalue weighted by Crippen LogP contribution is -2.35. The zero-order valence-corrected chi connectivity index (χ0v) is 20.7. The van der Waals surface area contributed by atoms with Crippen molar-refractivity contribution in [1.82, 2.24) is 14.9 Å². The maximum absolute atomic E-state index is 10.2. The number of aliphatic hydroxyl groups is 1. The largest absolute Gasteiger partial charge is 0.384 e. The smallest absolute Gasteiger partial charge is 0.132 e. The first-order valence-corrected chi connectivity index (χ1v) is 12.7. The first kappa shape index (κ1) is 23.6. The number of pyridine rings is 2. The minimum atomic E-state index is -1.03. The Morgan fingerprint density at radius 1 is 0.971 bits per heavy atom. The molecule has 1 aliphatic heterocycles. The number of fused-ring (bicyclic) bond motifs is 1. The number of benzene rings is 1. The molecule has 2 aliphatic rings. The third kappa shape index (κ3) is 5.00. The average Bonchev–Trinajstić information content (AvgIpc) is 3.30. The van der Waals surface area contributed by atoms with Crippen molar-refractivity contribution < 1.29 is 5.11 Å². The minimum absolute atomic E-state index is 0.272. The van der Waals surface area contributed by atoms with E-state index in [0.717, 1.165) is 43.1 Å². The van der Waals surface area contributed by atoms with Gasteiger partial charge in [-0.05, 0) is 74.4 Å². The van der Waals surface area contributed by atoms with Gasteiger partial charge >= 0.3 is 0 Å². The molecule has 6 heteroatoms. The zero-order valence-electron chi connectivity index (χ0n) is 20.7. The number of hydrogen-bond donors (Lipinski definition) is 3. The van der Waals surface area contributed by atoms with Crippen LogP contribution in [0.25, 0.3) is 11.1 Å². The summed E-state index contributed by atoms with van der Waals surface area (Å²) in [6.07, 6.45) is 11.0. The third-order valence-electron chi connectivity index (χ3n) is 7.58. The molecule has 0 radical (unpaired) electrons. The molecule has 1 aromatic carbocycles. The van der Waals surface area contributed by atoms with Crippen LogP contribution in [0.15, 0.2) is 48.8 Å². The Kier molecular flexibility index (Phi) is 6.43. The van der Waals surface area contributed by atoms with Crippen molar-refractivity contribution in [1.29, 1.82) is 5.41 Å². The van der Waals surface area contributed by atoms with Gasteiger partial charge in [0.05, 0.1) is 11.4 Å². The van der Waals surface area contributed by atoms with Gasteiger partial charge in [-0.15, -0.1) is 0 Å². The van der Waals surface area contributed by atoms with E-state index in [2.05, 4.69) is 33.1 Å². The number of aromatic nitrogens is 2. The van der Waals surface area contributed by atoms with E-state index >= 15 is 0 Å². The van der Waals surface area contributed by atoms with Gasteiger partial charge in [-0.3, -0.25) is 15.3 Å². The van der Waals surface area contributed by atoms with E-state index in [4.69, 9.17) is 11.1 Å². The number of nitrogens with two attached hydrogens (primary N) is 1. The van der Waals surface area contributed by atoms with E-state index < -0.39 is 5.60 Å². The zero-order chi connectivity index (χ0) is 24.6. The summed E-state index contributed by atoms with van der Waals surface area (Å²) >= 11 is 0. The molecule has 0 saturated heterocycles. The fourth-order valence-corrected chi connectivity index (χ4v) is 5.45. The molecule has 0 spiro atoms. The van der Waals surface area contributed by atoms with Crippen LogP contribution in [0.5, 0.6) is 0 Å². The molecule has 0 bridgehead atoms. The van der Waals surface area contributed by atoms with Crippen LogP contribution in [0.1, 0.15) is 67.5 Å². The second-order valence-electron chi connectivity index (χ2n) is 10.5. The van der Waals surface area contributed by atoms with Crippen LogP contribution in [0.3, 0.4) is 0 Å². The van der Waals surface area contributed by atoms with Crippen LogP contribution in [-0.4, -0.2) is 44.8 Å². The normalized spacial score (nSPS) is 17.2. The molecule has 2 aromatic heterocycles. The van der Waals surface area contributed by atoms with Crippen molar-refractivity contribution in [2.24, 2.45) is 0 Å². The molecule has 6 nitrogen and oxygen atoms in total. The molecule has 1 saturated carbocycles. The average molecular weight is 470 g/mol. The van der Waals surface area contributed by atoms with Crippen LogP contribution in [-0.2, 0) is 18.4 Å². The van der Waals surface area contributed by atoms with Gasteiger partial charge < -0.3 is 10.8 Å². The molecule has 182 valence electrons. The SMILES string of the molecule is CC(C)(O)c1ccc(C(=N)c2cc(-c3ccc4c(c3)CCN(C3CCCC3)CC4)cnc2N)cn1. The van der Waals surface area contributed by atoms with Crippen LogP contribution in [0.2, 0.25) is 0 Å². The van der Waals surface area contributed by atoms with Gasteiger partial charge in [-0.1, -0.05) is 31.0 Å². The van der Waals surface area contributed by atoms with Crippen LogP contribution in [0.4, 0.5) is 5.82 Å². The lowest BCUT2D eigenvalue weighted by molar-refractivity contribution is 0.0738. The molecule has 4 N–H and O–H groups in total. The molecule has 0 atom stereocenters. The van der Waals surface area contributed by atoms with Gasteiger partial charge in [0.15, 0.2) is 0 Å². The minimum Gasteiger partial charge on any atom is -0.384 e. The second-order valence-corrected chi connectivity index (χ2v) is 10.5. The maximum atomic E-state index is 10.2. The highest BCUT2D eigenvalue weighted by Crippen LogP contribution is 2.30. The Morgan fingerprint density at radius 3 is 2.40 bits per heavy atom. The van der Waals surface area contributed by atoms with E-state index in [9.17, 15) is 5.11 Å². The predicted octanol–water partition coefficient (Wildman–Crippen LogP) is 4.71. The first-order valence-electron chi connectivity index (χ1n) is 12.7. The molecule has 5 rings (SSSR count). The molecular weight excluding hydrogens is 434 g/mol. The van der Waals surface area contributed by atoms with Crippen LogP contribution >= 0.6 is 0 Å². The van der Waals surface area contributed by atoms with Gasteiger partial charge in [0.2, 0.25) is 0 Å². The fraction of sp³-hybridized carbons (Fsp3) is 0.414. The number of nitrogen functional groups attached to an aromatic ring is 1. The first-order chi connectivity index (χ1) is 16.8. The van der Waals surface area contributed by atoms with Crippen molar-refractivity contribution in [3.8, 4) is 11.1 Å². The molecule has 35 heavy (non-hydrogen) atoms. The lowest BCUT2D eigenvalue weighted by Gasteiger charge is -2.26. The summed E-state index contributed by atoms with van der Waals surface area (Å²) in [5, 5.41) is 18.9. The Morgan fingerprint density at radius 2 is 1.71 bits per heavy atom. The Balaban J connectivity index is 1.39. The topological polar surface area (TPSA) is 99.1 Å². The van der Waals surface area contributed by atoms with Crippen molar-refractivity contribution in [2.45, 2.75) is 64.0 Å². The number of nitrogens with one attached hydrogen (secondary N) is 1. The number of anilines is 1. The summed E-state index contributed by atoms with van der Waals surface area (Å²) < 4.78 is 0. The van der Waals surface area contributed by atoms with Crippen molar-refractivity contribution in [3.05, 3.63) is 76.7 Å². The maximum Gasteiger partial charge on any atom is 0.132 e. The highest BCUT2D eigenvalue weighted by molar-refractivity contribution is 6.13. The molecule has 3 aromatic rings. The van der Waals surface area contributed by atoms with E-state index in [1.54, 1.807) is 38.4 Å². The van der Waals surface area contributed by atoms with E-state index in [-0.39, 0.29) is 5.71 Å². The van der Waals surface area contributed by atoms with Crippen molar-refractivity contribution in [3.63, 3.8) is 0 Å². The Bertz CT molecular complexity index is 1220. The lowest BCUT2D eigenvalue weighted by atomic mass is 9.95. The van der Waals surface area contributed by atoms with E-state index in [1.165, 1.54) is 36.8 Å². The van der Waals surface area contributed by atoms with Gasteiger partial charge in [0.1, 0.15) is 11.4 Å². The van der Waals surface area contributed by atoms with Crippen LogP contribution < -0.4 is 5.73 Å². The van der Waals surface area contributed by atoms with Gasteiger partial charge in [0.25, 0.3) is 0 Å². The monoisotopic (exact) mass is 469 g/mol. The van der Waals surface area contributed by atoms with Crippen molar-refractivity contribution in [2.75, 3.05) is 18.8 Å². The van der Waals surface area contributed by atoms with Gasteiger partial charge in [0, 0.05) is 48.2 Å². The highest BCUT2D eigenvalue weighted by Gasteiger charge is 2.24. The van der Waals surface area contributed by atoms with Crippen LogP contribution in [0, 0.1) is 5.41 Å². The van der Waals surface area contributed by atoms with Gasteiger partial charge in [-0.2, -0.15) is 0 Å². The Labute approximate surface area is 207 Å². The summed E-state index contributed by atoms with van der Waals surface area (Å²) in [6, 6.07) is 13.0. The molecule has 0 amide bonds. The molecule has 1 fully saturated rings. The third-order valence-corrected chi connectivity index (χ3v) is 7.58. The van der Waals surface area contributed by atoms with E-state index in [0.29, 0.717) is 22.6 Å². The molecule has 1 aliphatic carbocycles. The predicted molar refractivity (Wildman–Crippen MR) is 141 cm³/mol. The fourth-order valence-electron chi connectivity index (χ4n) is 5.45. The highest BCUT2D eigenvalue weighted by atomic mass is 16.3. The molecule has 0 unspecified atom stereocenters. The summed E-state index contributed by atoms with van der Waals surface area (Å²) in [5.74, 6) is 0.326. The quantitative estimate of drug-likeness (QED) is 0.470. The second kappa shape index (κ2) is 9.51.